The van der Waals surface area contributed by atoms with Gasteiger partial charge in [-0.1, -0.05) is 31.0 Å². The van der Waals surface area contributed by atoms with Gasteiger partial charge in [-0.25, -0.2) is 13.2 Å². The van der Waals surface area contributed by atoms with Crippen molar-refractivity contribution < 1.29 is 22.7 Å². The van der Waals surface area contributed by atoms with E-state index in [1.54, 1.807) is 45.6 Å². The number of ether oxygens (including phenoxy) is 1. The van der Waals surface area contributed by atoms with Crippen LogP contribution in [0.5, 0.6) is 0 Å². The minimum atomic E-state index is -3.43. The lowest BCUT2D eigenvalue weighted by atomic mass is 10.0. The highest BCUT2D eigenvalue weighted by atomic mass is 32.2. The van der Waals surface area contributed by atoms with Gasteiger partial charge in [0, 0.05) is 38.3 Å². The number of esters is 1. The number of amides is 1. The highest BCUT2D eigenvalue weighted by Crippen LogP contribution is 2.34. The average Bonchev–Trinajstić information content (AvgIpc) is 3.40. The van der Waals surface area contributed by atoms with Crippen molar-refractivity contribution in [2.75, 3.05) is 44.2 Å². The number of rotatable bonds is 10. The minimum absolute atomic E-state index is 0.0730. The van der Waals surface area contributed by atoms with Crippen LogP contribution in [0.4, 0.5) is 5.69 Å². The molecule has 0 atom stereocenters. The summed E-state index contributed by atoms with van der Waals surface area (Å²) in [5.41, 5.74) is 1.23. The normalized spacial score (nSPS) is 19.8. The summed E-state index contributed by atoms with van der Waals surface area (Å²) in [6, 6.07) is 13.9. The Morgan fingerprint density at radius 1 is 0.900 bits per heavy atom. The Morgan fingerprint density at radius 3 is 2.27 bits per heavy atom. The fourth-order valence-electron chi connectivity index (χ4n) is 5.59. The molecule has 3 aliphatic heterocycles. The number of sulfonamides is 1. The molecule has 0 radical (unpaired) electrons. The molecule has 0 bridgehead atoms. The molecule has 0 unspecified atom stereocenters. The number of thiocarbonyl (C=S) groups is 1. The number of carbonyl (C=O) groups is 2. The second kappa shape index (κ2) is 11.6. The van der Waals surface area contributed by atoms with Crippen molar-refractivity contribution in [2.45, 2.75) is 56.6 Å². The molecule has 2 saturated heterocycles. The third kappa shape index (κ3) is 5.52. The van der Waals surface area contributed by atoms with Crippen LogP contribution >= 0.6 is 12.2 Å². The Bertz CT molecular complexity index is 1390. The first-order valence-electron chi connectivity index (χ1n) is 13.8. The third-order valence-corrected chi connectivity index (χ3v) is 10.4. The zero-order valence-corrected chi connectivity index (χ0v) is 24.7. The summed E-state index contributed by atoms with van der Waals surface area (Å²) in [6.45, 7) is 8.16. The van der Waals surface area contributed by atoms with E-state index >= 15 is 0 Å². The number of fused-ring (bicyclic) bond motifs is 1. The van der Waals surface area contributed by atoms with Gasteiger partial charge >= 0.3 is 5.97 Å². The maximum Gasteiger partial charge on any atom is 0.338 e. The molecule has 11 heteroatoms. The van der Waals surface area contributed by atoms with E-state index in [4.69, 9.17) is 17.0 Å². The molecule has 0 N–H and O–H groups in total. The molecule has 0 aromatic heterocycles. The second-order valence-corrected chi connectivity index (χ2v) is 13.3. The van der Waals surface area contributed by atoms with E-state index in [0.717, 1.165) is 50.9 Å². The van der Waals surface area contributed by atoms with Gasteiger partial charge in [0.05, 0.1) is 16.1 Å². The standard InChI is InChI=1S/C29H36N4O5S2/c1-29(2)27(35)33(23-12-13-25-22(20-23)21-38-26(25)34)28(39)32(29)15-9-4-3-8-14-30-16-18-31(19-17-30)40(36,37)24-10-6-5-7-11-24/h5-7,10-13,20H,3-4,8-9,14-19,21H2,1-2H3. The summed E-state index contributed by atoms with van der Waals surface area (Å²) in [7, 11) is -3.43. The first-order chi connectivity index (χ1) is 19.1. The lowest BCUT2D eigenvalue weighted by Crippen LogP contribution is -2.48. The molecule has 0 spiro atoms. The molecular formula is C29H36N4O5S2. The first kappa shape index (κ1) is 28.7. The molecule has 0 saturated carbocycles. The van der Waals surface area contributed by atoms with Gasteiger partial charge in [-0.05, 0) is 75.8 Å². The van der Waals surface area contributed by atoms with Crippen LogP contribution in [0.2, 0.25) is 0 Å². The summed E-state index contributed by atoms with van der Waals surface area (Å²) in [4.78, 5) is 31.4. The largest absolute Gasteiger partial charge is 0.457 e. The molecule has 5 rings (SSSR count). The van der Waals surface area contributed by atoms with Gasteiger partial charge in [0.25, 0.3) is 5.91 Å². The number of cyclic esters (lactones) is 1. The lowest BCUT2D eigenvalue weighted by molar-refractivity contribution is -0.123. The molecule has 214 valence electrons. The van der Waals surface area contributed by atoms with E-state index in [-0.39, 0.29) is 18.5 Å². The summed E-state index contributed by atoms with van der Waals surface area (Å²) < 4.78 is 32.4. The Kier molecular flexibility index (Phi) is 8.28. The van der Waals surface area contributed by atoms with Crippen molar-refractivity contribution in [3.63, 3.8) is 0 Å². The lowest BCUT2D eigenvalue weighted by Gasteiger charge is -2.34. The molecular weight excluding hydrogens is 548 g/mol. The van der Waals surface area contributed by atoms with Crippen molar-refractivity contribution in [3.8, 4) is 0 Å². The van der Waals surface area contributed by atoms with Crippen molar-refractivity contribution >= 4 is 44.9 Å². The fraction of sp³-hybridized carbons (Fsp3) is 0.483. The Morgan fingerprint density at radius 2 is 1.57 bits per heavy atom. The predicted molar refractivity (Wildman–Crippen MR) is 157 cm³/mol. The molecule has 1 amide bonds. The summed E-state index contributed by atoms with van der Waals surface area (Å²) >= 11 is 5.75. The Hall–Kier alpha value is -2.86. The SMILES string of the molecule is CC1(C)C(=O)N(c2ccc3c(c2)COC3=O)C(=S)N1CCCCCCN1CCN(S(=O)(=O)c2ccccc2)CC1. The number of hydrogen-bond acceptors (Lipinski definition) is 7. The van der Waals surface area contributed by atoms with E-state index in [2.05, 4.69) is 4.90 Å². The molecule has 9 nitrogen and oxygen atoms in total. The van der Waals surface area contributed by atoms with Crippen LogP contribution in [0, 0.1) is 0 Å². The van der Waals surface area contributed by atoms with Crippen molar-refractivity contribution in [2.24, 2.45) is 0 Å². The molecule has 0 aliphatic carbocycles. The Labute approximate surface area is 241 Å². The number of piperazine rings is 1. The maximum atomic E-state index is 13.3. The average molecular weight is 585 g/mol. The number of anilines is 1. The topological polar surface area (TPSA) is 90.5 Å². The molecule has 40 heavy (non-hydrogen) atoms. The highest BCUT2D eigenvalue weighted by Gasteiger charge is 2.49. The Balaban J connectivity index is 1.05. The summed E-state index contributed by atoms with van der Waals surface area (Å²) in [5, 5.41) is 0.489. The van der Waals surface area contributed by atoms with Crippen LogP contribution in [0.1, 0.15) is 55.5 Å². The van der Waals surface area contributed by atoms with Gasteiger partial charge in [0.2, 0.25) is 10.0 Å². The summed E-state index contributed by atoms with van der Waals surface area (Å²) in [5.74, 6) is -0.409. The van der Waals surface area contributed by atoms with Crippen LogP contribution < -0.4 is 4.90 Å². The van der Waals surface area contributed by atoms with Crippen LogP contribution in [0.15, 0.2) is 53.4 Å². The van der Waals surface area contributed by atoms with Crippen LogP contribution in [-0.2, 0) is 26.2 Å². The second-order valence-electron chi connectivity index (χ2n) is 11.0. The van der Waals surface area contributed by atoms with Gasteiger partial charge in [-0.2, -0.15) is 4.31 Å². The number of hydrogen-bond donors (Lipinski definition) is 0. The third-order valence-electron chi connectivity index (χ3n) is 8.07. The molecule has 2 aromatic rings. The quantitative estimate of drug-likeness (QED) is 0.238. The van der Waals surface area contributed by atoms with Gasteiger partial charge in [-0.15, -0.1) is 0 Å². The van der Waals surface area contributed by atoms with Gasteiger partial charge in [0.15, 0.2) is 5.11 Å². The number of unbranched alkanes of at least 4 members (excludes halogenated alkanes) is 3. The van der Waals surface area contributed by atoms with E-state index in [1.165, 1.54) is 0 Å². The van der Waals surface area contributed by atoms with E-state index in [0.29, 0.717) is 40.9 Å². The molecule has 2 aromatic carbocycles. The van der Waals surface area contributed by atoms with Gasteiger partial charge in [0.1, 0.15) is 12.1 Å². The zero-order valence-electron chi connectivity index (χ0n) is 23.0. The highest BCUT2D eigenvalue weighted by molar-refractivity contribution is 7.89. The smallest absolute Gasteiger partial charge is 0.338 e. The zero-order chi connectivity index (χ0) is 28.5. The van der Waals surface area contributed by atoms with E-state index in [1.807, 2.05) is 30.9 Å². The van der Waals surface area contributed by atoms with Crippen LogP contribution in [0.3, 0.4) is 0 Å². The van der Waals surface area contributed by atoms with Crippen molar-refractivity contribution in [3.05, 3.63) is 59.7 Å². The van der Waals surface area contributed by atoms with E-state index in [9.17, 15) is 18.0 Å². The molecule has 3 aliphatic rings. The number of benzene rings is 2. The van der Waals surface area contributed by atoms with Crippen LogP contribution in [-0.4, -0.2) is 84.3 Å². The predicted octanol–water partition coefficient (Wildman–Crippen LogP) is 3.64. The molecule has 3 heterocycles. The monoisotopic (exact) mass is 584 g/mol. The van der Waals surface area contributed by atoms with E-state index < -0.39 is 15.6 Å². The van der Waals surface area contributed by atoms with Crippen molar-refractivity contribution in [1.82, 2.24) is 14.1 Å². The summed E-state index contributed by atoms with van der Waals surface area (Å²) in [6.07, 6.45) is 4.03. The van der Waals surface area contributed by atoms with Crippen molar-refractivity contribution in [1.29, 1.82) is 0 Å². The maximum absolute atomic E-state index is 13.3. The van der Waals surface area contributed by atoms with Crippen LogP contribution in [0.25, 0.3) is 0 Å². The minimum Gasteiger partial charge on any atom is -0.457 e. The van der Waals surface area contributed by atoms with Gasteiger partial charge in [-0.3, -0.25) is 9.69 Å². The number of carbonyl (C=O) groups excluding carboxylic acids is 2. The first-order valence-corrected chi connectivity index (χ1v) is 15.7. The van der Waals surface area contributed by atoms with Gasteiger partial charge < -0.3 is 14.5 Å². The fourth-order valence-corrected chi connectivity index (χ4v) is 7.54. The molecule has 2 fully saturated rings. The number of nitrogens with zero attached hydrogens (tertiary/aromatic N) is 4.